The lowest BCUT2D eigenvalue weighted by atomic mass is 10.2. The van der Waals surface area contributed by atoms with Crippen LogP contribution in [-0.4, -0.2) is 31.5 Å². The minimum atomic E-state index is -3.40. The van der Waals surface area contributed by atoms with Gasteiger partial charge in [0.15, 0.2) is 15.1 Å². The molecule has 0 aromatic rings. The predicted molar refractivity (Wildman–Crippen MR) is 59.4 cm³/mol. The summed E-state index contributed by atoms with van der Waals surface area (Å²) in [5.41, 5.74) is 0. The highest BCUT2D eigenvalue weighted by atomic mass is 32.2. The second-order valence-electron chi connectivity index (χ2n) is 3.67. The fraction of sp³-hybridized carbons (Fsp3) is 0.900. The standard InChI is InChI=1S/C10H20O4S/c1-5-7-9(10(11)14-6-2)15(12,13)8(3)4/h8-9H,5-7H2,1-4H3. The van der Waals surface area contributed by atoms with Crippen molar-refractivity contribution < 1.29 is 17.9 Å². The van der Waals surface area contributed by atoms with Gasteiger partial charge in [0, 0.05) is 0 Å². The Kier molecular flexibility index (Phi) is 5.87. The monoisotopic (exact) mass is 236 g/mol. The van der Waals surface area contributed by atoms with E-state index in [2.05, 4.69) is 0 Å². The number of sulfone groups is 1. The van der Waals surface area contributed by atoms with Crippen LogP contribution in [0.4, 0.5) is 0 Å². The fourth-order valence-electron chi connectivity index (χ4n) is 1.24. The Hall–Kier alpha value is -0.580. The van der Waals surface area contributed by atoms with Crippen LogP contribution in [0.5, 0.6) is 0 Å². The molecule has 0 aromatic carbocycles. The van der Waals surface area contributed by atoms with Crippen LogP contribution in [0.1, 0.15) is 40.5 Å². The van der Waals surface area contributed by atoms with Crippen molar-refractivity contribution in [3.05, 3.63) is 0 Å². The Balaban J connectivity index is 4.89. The number of hydrogen-bond donors (Lipinski definition) is 0. The van der Waals surface area contributed by atoms with Gasteiger partial charge in [-0.15, -0.1) is 0 Å². The van der Waals surface area contributed by atoms with Gasteiger partial charge in [-0.3, -0.25) is 4.79 Å². The van der Waals surface area contributed by atoms with E-state index in [-0.39, 0.29) is 6.61 Å². The Labute approximate surface area is 91.9 Å². The first-order valence-corrected chi connectivity index (χ1v) is 6.88. The summed E-state index contributed by atoms with van der Waals surface area (Å²) >= 11 is 0. The first-order valence-electron chi connectivity index (χ1n) is 5.27. The molecule has 1 unspecified atom stereocenters. The first kappa shape index (κ1) is 14.4. The van der Waals surface area contributed by atoms with Crippen molar-refractivity contribution in [3.63, 3.8) is 0 Å². The molecule has 0 rings (SSSR count). The Bertz CT molecular complexity index is 293. The third kappa shape index (κ3) is 3.81. The predicted octanol–water partition coefficient (Wildman–Crippen LogP) is 1.54. The molecule has 0 aromatic heterocycles. The van der Waals surface area contributed by atoms with Crippen molar-refractivity contribution in [2.24, 2.45) is 0 Å². The molecule has 0 spiro atoms. The zero-order valence-corrected chi connectivity index (χ0v) is 10.6. The van der Waals surface area contributed by atoms with E-state index < -0.39 is 26.3 Å². The summed E-state index contributed by atoms with van der Waals surface area (Å²) < 4.78 is 28.4. The van der Waals surface area contributed by atoms with Gasteiger partial charge in [-0.1, -0.05) is 13.3 Å². The number of rotatable bonds is 6. The lowest BCUT2D eigenvalue weighted by Gasteiger charge is -2.17. The maximum absolute atomic E-state index is 11.8. The molecule has 0 aliphatic heterocycles. The summed E-state index contributed by atoms with van der Waals surface area (Å²) in [4.78, 5) is 11.5. The van der Waals surface area contributed by atoms with Gasteiger partial charge in [0.2, 0.25) is 0 Å². The molecule has 0 saturated carbocycles. The van der Waals surface area contributed by atoms with E-state index in [4.69, 9.17) is 4.74 Å². The largest absolute Gasteiger partial charge is 0.465 e. The summed E-state index contributed by atoms with van der Waals surface area (Å²) in [5.74, 6) is -0.618. The molecule has 0 aliphatic rings. The SMILES string of the molecule is CCCC(C(=O)OCC)S(=O)(=O)C(C)C. The number of carbonyl (C=O) groups is 1. The van der Waals surface area contributed by atoms with Crippen LogP contribution >= 0.6 is 0 Å². The van der Waals surface area contributed by atoms with Gasteiger partial charge in [-0.2, -0.15) is 0 Å². The lowest BCUT2D eigenvalue weighted by molar-refractivity contribution is -0.142. The van der Waals surface area contributed by atoms with Crippen LogP contribution in [0, 0.1) is 0 Å². The van der Waals surface area contributed by atoms with E-state index in [1.165, 1.54) is 0 Å². The molecule has 0 amide bonds. The highest BCUT2D eigenvalue weighted by Crippen LogP contribution is 2.16. The van der Waals surface area contributed by atoms with E-state index in [0.29, 0.717) is 12.8 Å². The van der Waals surface area contributed by atoms with Crippen molar-refractivity contribution in [3.8, 4) is 0 Å². The van der Waals surface area contributed by atoms with Gasteiger partial charge in [-0.05, 0) is 27.2 Å². The third-order valence-electron chi connectivity index (χ3n) is 2.15. The number of hydrogen-bond acceptors (Lipinski definition) is 4. The summed E-state index contributed by atoms with van der Waals surface area (Å²) in [6.07, 6.45) is 0.981. The maximum atomic E-state index is 11.8. The van der Waals surface area contributed by atoms with E-state index in [9.17, 15) is 13.2 Å². The Morgan fingerprint density at radius 2 is 1.80 bits per heavy atom. The van der Waals surface area contributed by atoms with Gasteiger partial charge in [0.1, 0.15) is 0 Å². The average Bonchev–Trinajstić information content (AvgIpc) is 2.13. The van der Waals surface area contributed by atoms with Crippen molar-refractivity contribution in [1.29, 1.82) is 0 Å². The number of ether oxygens (including phenoxy) is 1. The smallest absolute Gasteiger partial charge is 0.324 e. The lowest BCUT2D eigenvalue weighted by Crippen LogP contribution is -2.36. The van der Waals surface area contributed by atoms with Crippen LogP contribution < -0.4 is 0 Å². The maximum Gasteiger partial charge on any atom is 0.324 e. The average molecular weight is 236 g/mol. The molecule has 0 N–H and O–H groups in total. The zero-order chi connectivity index (χ0) is 12.1. The molecule has 0 radical (unpaired) electrons. The molecule has 90 valence electrons. The van der Waals surface area contributed by atoms with Crippen LogP contribution in [0.15, 0.2) is 0 Å². The Morgan fingerprint density at radius 1 is 1.27 bits per heavy atom. The van der Waals surface area contributed by atoms with Crippen LogP contribution in [0.25, 0.3) is 0 Å². The molecule has 0 bridgehead atoms. The molecule has 4 nitrogen and oxygen atoms in total. The van der Waals surface area contributed by atoms with Gasteiger partial charge in [0.25, 0.3) is 0 Å². The normalized spacial score (nSPS) is 13.9. The highest BCUT2D eigenvalue weighted by Gasteiger charge is 2.35. The fourth-order valence-corrected chi connectivity index (χ4v) is 2.80. The second-order valence-corrected chi connectivity index (χ2v) is 6.36. The van der Waals surface area contributed by atoms with Crippen molar-refractivity contribution in [2.45, 2.75) is 51.0 Å². The number of carbonyl (C=O) groups excluding carboxylic acids is 1. The molecule has 0 saturated heterocycles. The molecule has 0 heterocycles. The van der Waals surface area contributed by atoms with E-state index in [1.54, 1.807) is 20.8 Å². The minimum Gasteiger partial charge on any atom is -0.465 e. The molecule has 0 fully saturated rings. The van der Waals surface area contributed by atoms with Crippen LogP contribution in [-0.2, 0) is 19.4 Å². The van der Waals surface area contributed by atoms with Gasteiger partial charge < -0.3 is 4.74 Å². The summed E-state index contributed by atoms with van der Waals surface area (Å²) in [6, 6.07) is 0. The molecule has 5 heteroatoms. The molecular formula is C10H20O4S. The molecule has 1 atom stereocenters. The number of esters is 1. The van der Waals surface area contributed by atoms with E-state index in [1.807, 2.05) is 6.92 Å². The second kappa shape index (κ2) is 6.10. The minimum absolute atomic E-state index is 0.215. The molecule has 15 heavy (non-hydrogen) atoms. The van der Waals surface area contributed by atoms with Crippen LogP contribution in [0.2, 0.25) is 0 Å². The highest BCUT2D eigenvalue weighted by molar-refractivity contribution is 7.93. The first-order chi connectivity index (χ1) is 6.87. The summed E-state index contributed by atoms with van der Waals surface area (Å²) in [5, 5.41) is -1.54. The molecule has 0 aliphatic carbocycles. The summed E-state index contributed by atoms with van der Waals surface area (Å²) in [6.45, 7) is 6.89. The van der Waals surface area contributed by atoms with Gasteiger partial charge in [-0.25, -0.2) is 8.42 Å². The quantitative estimate of drug-likeness (QED) is 0.656. The summed E-state index contributed by atoms with van der Waals surface area (Å²) in [7, 11) is -3.40. The van der Waals surface area contributed by atoms with Crippen molar-refractivity contribution >= 4 is 15.8 Å². The van der Waals surface area contributed by atoms with E-state index >= 15 is 0 Å². The van der Waals surface area contributed by atoms with Gasteiger partial charge >= 0.3 is 5.97 Å². The van der Waals surface area contributed by atoms with Crippen molar-refractivity contribution in [2.75, 3.05) is 6.61 Å². The van der Waals surface area contributed by atoms with Gasteiger partial charge in [0.05, 0.1) is 11.9 Å². The van der Waals surface area contributed by atoms with E-state index in [0.717, 1.165) is 0 Å². The third-order valence-corrected chi connectivity index (χ3v) is 4.69. The van der Waals surface area contributed by atoms with Crippen molar-refractivity contribution in [1.82, 2.24) is 0 Å². The van der Waals surface area contributed by atoms with Crippen LogP contribution in [0.3, 0.4) is 0 Å². The Morgan fingerprint density at radius 3 is 2.13 bits per heavy atom. The topological polar surface area (TPSA) is 60.4 Å². The zero-order valence-electron chi connectivity index (χ0n) is 9.82. The molecular weight excluding hydrogens is 216 g/mol.